The molecule has 1 saturated heterocycles. The van der Waals surface area contributed by atoms with Crippen LogP contribution in [0.5, 0.6) is 0 Å². The molecule has 21 heavy (non-hydrogen) atoms. The molecule has 1 heterocycles. The number of halogens is 1. The average Bonchev–Trinajstić information content (AvgIpc) is 2.47. The second-order valence-corrected chi connectivity index (χ2v) is 6.98. The molecule has 122 valence electrons. The van der Waals surface area contributed by atoms with Crippen LogP contribution in [0.2, 0.25) is 0 Å². The highest BCUT2D eigenvalue weighted by molar-refractivity contribution is 7.99. The Morgan fingerprint density at radius 1 is 1.33 bits per heavy atom. The van der Waals surface area contributed by atoms with E-state index in [-0.39, 0.29) is 5.91 Å². The summed E-state index contributed by atoms with van der Waals surface area (Å²) in [5, 5.41) is 0. The molecule has 0 saturated carbocycles. The maximum atomic E-state index is 12.3. The van der Waals surface area contributed by atoms with Crippen LogP contribution in [-0.2, 0) is 9.59 Å². The van der Waals surface area contributed by atoms with E-state index in [9.17, 15) is 9.59 Å². The average molecular weight is 336 g/mol. The van der Waals surface area contributed by atoms with Gasteiger partial charge in [-0.3, -0.25) is 9.59 Å². The molecule has 0 aromatic rings. The van der Waals surface area contributed by atoms with Gasteiger partial charge in [0.25, 0.3) is 0 Å². The first-order chi connectivity index (χ1) is 10.1. The van der Waals surface area contributed by atoms with E-state index < -0.39 is 11.9 Å². The van der Waals surface area contributed by atoms with Gasteiger partial charge in [-0.2, -0.15) is 11.8 Å². The first-order valence-electron chi connectivity index (χ1n) is 7.52. The van der Waals surface area contributed by atoms with Crippen LogP contribution in [-0.4, -0.2) is 53.2 Å². The zero-order chi connectivity index (χ0) is 15.7. The van der Waals surface area contributed by atoms with Gasteiger partial charge in [0.15, 0.2) is 0 Å². The molecule has 7 heteroatoms. The molecule has 2 atom stereocenters. The van der Waals surface area contributed by atoms with E-state index in [1.165, 1.54) is 0 Å². The third-order valence-electron chi connectivity index (χ3n) is 3.83. The van der Waals surface area contributed by atoms with Gasteiger partial charge in [-0.05, 0) is 43.9 Å². The van der Waals surface area contributed by atoms with Crippen LogP contribution in [0, 0.1) is 5.92 Å². The predicted molar refractivity (Wildman–Crippen MR) is 88.4 cm³/mol. The lowest BCUT2D eigenvalue weighted by atomic mass is 9.88. The molecule has 0 aromatic carbocycles. The minimum Gasteiger partial charge on any atom is -0.368 e. The molecular formula is C14H26ClN3O2S. The molecule has 0 bridgehead atoms. The molecule has 1 aliphatic rings. The number of rotatable bonds is 9. The third kappa shape index (κ3) is 6.45. The summed E-state index contributed by atoms with van der Waals surface area (Å²) in [6.45, 7) is 1.29. The number of carbonyl (C=O) groups is 2. The molecule has 1 aliphatic heterocycles. The molecule has 1 fully saturated rings. The van der Waals surface area contributed by atoms with Gasteiger partial charge in [0, 0.05) is 24.6 Å². The molecular weight excluding hydrogens is 310 g/mol. The standard InChI is InChI=1S/C14H26ClN3O2S/c15-5-2-11-3-7-18(12(10-11)14(17)20)13(19)4-9-21-8-1-6-16/h11-12H,1-10,16H2,(H2,17,20). The van der Waals surface area contributed by atoms with Gasteiger partial charge < -0.3 is 16.4 Å². The highest BCUT2D eigenvalue weighted by atomic mass is 35.5. The zero-order valence-electron chi connectivity index (χ0n) is 12.4. The minimum atomic E-state index is -0.464. The maximum Gasteiger partial charge on any atom is 0.240 e. The number of primary amides is 1. The van der Waals surface area contributed by atoms with Gasteiger partial charge in [0.2, 0.25) is 11.8 Å². The van der Waals surface area contributed by atoms with Gasteiger partial charge >= 0.3 is 0 Å². The summed E-state index contributed by atoms with van der Waals surface area (Å²) in [6.07, 6.45) is 3.85. The first kappa shape index (κ1) is 18.6. The number of nitrogens with two attached hydrogens (primary N) is 2. The van der Waals surface area contributed by atoms with Crippen molar-refractivity contribution in [3.63, 3.8) is 0 Å². The number of alkyl halides is 1. The van der Waals surface area contributed by atoms with Crippen molar-refractivity contribution in [3.8, 4) is 0 Å². The van der Waals surface area contributed by atoms with E-state index in [1.807, 2.05) is 0 Å². The van der Waals surface area contributed by atoms with Crippen molar-refractivity contribution in [2.75, 3.05) is 30.5 Å². The Morgan fingerprint density at radius 2 is 2.10 bits per heavy atom. The van der Waals surface area contributed by atoms with Gasteiger partial charge in [0.05, 0.1) is 0 Å². The molecule has 0 aromatic heterocycles. The van der Waals surface area contributed by atoms with Crippen LogP contribution in [0.15, 0.2) is 0 Å². The van der Waals surface area contributed by atoms with Crippen LogP contribution in [0.25, 0.3) is 0 Å². The fraction of sp³-hybridized carbons (Fsp3) is 0.857. The highest BCUT2D eigenvalue weighted by Crippen LogP contribution is 2.26. The Hall–Kier alpha value is -0.460. The van der Waals surface area contributed by atoms with E-state index in [4.69, 9.17) is 23.1 Å². The largest absolute Gasteiger partial charge is 0.368 e. The van der Waals surface area contributed by atoms with Crippen molar-refractivity contribution in [1.29, 1.82) is 0 Å². The number of nitrogens with zero attached hydrogens (tertiary/aromatic N) is 1. The first-order valence-corrected chi connectivity index (χ1v) is 9.21. The highest BCUT2D eigenvalue weighted by Gasteiger charge is 2.34. The molecule has 4 N–H and O–H groups in total. The van der Waals surface area contributed by atoms with Crippen molar-refractivity contribution < 1.29 is 9.59 Å². The smallest absolute Gasteiger partial charge is 0.240 e. The summed E-state index contributed by atoms with van der Waals surface area (Å²) in [7, 11) is 0. The SMILES string of the molecule is NCCCSCCC(=O)N1CCC(CCCl)CC1C(N)=O. The van der Waals surface area contributed by atoms with Crippen LogP contribution in [0.4, 0.5) is 0 Å². The lowest BCUT2D eigenvalue weighted by Crippen LogP contribution is -2.52. The van der Waals surface area contributed by atoms with Crippen molar-refractivity contribution in [3.05, 3.63) is 0 Å². The monoisotopic (exact) mass is 335 g/mol. The second-order valence-electron chi connectivity index (χ2n) is 5.38. The molecule has 0 aliphatic carbocycles. The lowest BCUT2D eigenvalue weighted by Gasteiger charge is -2.37. The Balaban J connectivity index is 2.43. The van der Waals surface area contributed by atoms with Crippen LogP contribution in [0.1, 0.15) is 32.1 Å². The van der Waals surface area contributed by atoms with Crippen LogP contribution in [0.3, 0.4) is 0 Å². The van der Waals surface area contributed by atoms with Crippen molar-refractivity contribution in [1.82, 2.24) is 4.90 Å². The summed E-state index contributed by atoms with van der Waals surface area (Å²) in [4.78, 5) is 25.5. The van der Waals surface area contributed by atoms with Gasteiger partial charge in [-0.15, -0.1) is 11.6 Å². The van der Waals surface area contributed by atoms with E-state index in [0.29, 0.717) is 37.7 Å². The maximum absolute atomic E-state index is 12.3. The molecule has 0 radical (unpaired) electrons. The van der Waals surface area contributed by atoms with Gasteiger partial charge in [-0.1, -0.05) is 0 Å². The summed E-state index contributed by atoms with van der Waals surface area (Å²) >= 11 is 7.49. The normalized spacial score (nSPS) is 22.3. The molecule has 5 nitrogen and oxygen atoms in total. The Kier molecular flexibility index (Phi) is 9.11. The number of hydrogen-bond donors (Lipinski definition) is 2. The number of likely N-dealkylation sites (tertiary alicyclic amines) is 1. The second kappa shape index (κ2) is 10.3. The quantitative estimate of drug-likeness (QED) is 0.489. The van der Waals surface area contributed by atoms with Crippen LogP contribution >= 0.6 is 23.4 Å². The number of carbonyl (C=O) groups excluding carboxylic acids is 2. The molecule has 1 rings (SSSR count). The van der Waals surface area contributed by atoms with E-state index in [1.54, 1.807) is 16.7 Å². The van der Waals surface area contributed by atoms with E-state index >= 15 is 0 Å². The Labute approximate surface area is 136 Å². The number of thioether (sulfide) groups is 1. The summed E-state index contributed by atoms with van der Waals surface area (Å²) in [6, 6.07) is -0.464. The Morgan fingerprint density at radius 3 is 2.71 bits per heavy atom. The van der Waals surface area contributed by atoms with Gasteiger partial charge in [0.1, 0.15) is 6.04 Å². The molecule has 2 unspecified atom stereocenters. The number of hydrogen-bond acceptors (Lipinski definition) is 4. The van der Waals surface area contributed by atoms with Crippen molar-refractivity contribution in [2.45, 2.75) is 38.1 Å². The third-order valence-corrected chi connectivity index (χ3v) is 5.12. The summed E-state index contributed by atoms with van der Waals surface area (Å²) in [5.41, 5.74) is 10.9. The van der Waals surface area contributed by atoms with E-state index in [0.717, 1.165) is 30.8 Å². The fourth-order valence-electron chi connectivity index (χ4n) is 2.61. The molecule has 2 amide bonds. The van der Waals surface area contributed by atoms with Crippen molar-refractivity contribution in [2.24, 2.45) is 17.4 Å². The molecule has 0 spiro atoms. The predicted octanol–water partition coefficient (Wildman–Crippen LogP) is 1.18. The summed E-state index contributed by atoms with van der Waals surface area (Å²) in [5.74, 6) is 2.35. The fourth-order valence-corrected chi connectivity index (χ4v) is 3.82. The topological polar surface area (TPSA) is 89.4 Å². The minimum absolute atomic E-state index is 0.0309. The number of piperidine rings is 1. The van der Waals surface area contributed by atoms with Gasteiger partial charge in [-0.25, -0.2) is 0 Å². The van der Waals surface area contributed by atoms with Crippen LogP contribution < -0.4 is 11.5 Å². The van der Waals surface area contributed by atoms with Crippen molar-refractivity contribution >= 4 is 35.2 Å². The van der Waals surface area contributed by atoms with E-state index in [2.05, 4.69) is 0 Å². The number of amides is 2. The Bertz CT molecular complexity index is 344. The zero-order valence-corrected chi connectivity index (χ0v) is 14.0. The summed E-state index contributed by atoms with van der Waals surface area (Å²) < 4.78 is 0. The lowest BCUT2D eigenvalue weighted by molar-refractivity contribution is -0.141.